The van der Waals surface area contributed by atoms with Crippen LogP contribution >= 0.6 is 0 Å². The van der Waals surface area contributed by atoms with Gasteiger partial charge in [0.25, 0.3) is 0 Å². The van der Waals surface area contributed by atoms with Gasteiger partial charge in [0.1, 0.15) is 0 Å². The molecule has 0 spiro atoms. The van der Waals surface area contributed by atoms with E-state index in [1.165, 1.54) is 44.5 Å². The predicted molar refractivity (Wildman–Crippen MR) is 224 cm³/mol. The number of hydrogen-bond acceptors (Lipinski definition) is 2. The summed E-state index contributed by atoms with van der Waals surface area (Å²) in [7, 11) is 0. The van der Waals surface area contributed by atoms with Gasteiger partial charge < -0.3 is 9.80 Å². The van der Waals surface area contributed by atoms with Crippen LogP contribution in [0, 0.1) is 0 Å². The summed E-state index contributed by atoms with van der Waals surface area (Å²) in [6.45, 7) is 4.34. The van der Waals surface area contributed by atoms with Crippen LogP contribution in [0.3, 0.4) is 0 Å². The average Bonchev–Trinajstić information content (AvgIpc) is 3.61. The molecule has 0 unspecified atom stereocenters. The minimum absolute atomic E-state index is 0.923. The summed E-state index contributed by atoms with van der Waals surface area (Å²) in [6.07, 6.45) is 11.4. The third-order valence-electron chi connectivity index (χ3n) is 10.2. The van der Waals surface area contributed by atoms with Crippen molar-refractivity contribution in [2.24, 2.45) is 0 Å². The van der Waals surface area contributed by atoms with Gasteiger partial charge in [-0.25, -0.2) is 0 Å². The van der Waals surface area contributed by atoms with Crippen molar-refractivity contribution in [1.29, 1.82) is 0 Å². The van der Waals surface area contributed by atoms with Gasteiger partial charge in [0.15, 0.2) is 0 Å². The summed E-state index contributed by atoms with van der Waals surface area (Å²) >= 11 is 0. The minimum atomic E-state index is 0.923. The molecular formula is C51H38N2. The zero-order chi connectivity index (χ0) is 35.6. The fourth-order valence-electron chi connectivity index (χ4n) is 7.59. The Morgan fingerprint density at radius 1 is 0.509 bits per heavy atom. The number of rotatable bonds is 8. The highest BCUT2D eigenvalue weighted by Crippen LogP contribution is 2.43. The smallest absolute Gasteiger partial charge is 0.0533 e. The second-order valence-corrected chi connectivity index (χ2v) is 13.5. The van der Waals surface area contributed by atoms with Crippen molar-refractivity contribution < 1.29 is 0 Å². The summed E-state index contributed by atoms with van der Waals surface area (Å²) in [5, 5.41) is 0. The topological polar surface area (TPSA) is 6.48 Å². The number of allylic oxidation sites excluding steroid dienone is 3. The van der Waals surface area contributed by atoms with Gasteiger partial charge in [0.2, 0.25) is 0 Å². The molecule has 0 saturated carbocycles. The molecular weight excluding hydrogens is 641 g/mol. The molecule has 7 aromatic rings. The SMILES string of the molecule is C=C1C=CC=CN1/C(=C/c1ccccc1)c1ccc(N(c2ccc(-c3ccccc3)cc2)c2ccc(-c3cccc4c3Cc3ccccc3-4)cc2)cc1. The number of hydrogen-bond donors (Lipinski definition) is 0. The van der Waals surface area contributed by atoms with Crippen molar-refractivity contribution in [3.63, 3.8) is 0 Å². The van der Waals surface area contributed by atoms with Gasteiger partial charge in [-0.15, -0.1) is 0 Å². The summed E-state index contributed by atoms with van der Waals surface area (Å²) in [4.78, 5) is 4.50. The first-order valence-corrected chi connectivity index (χ1v) is 18.2. The number of benzene rings is 7. The minimum Gasteiger partial charge on any atom is -0.317 e. The summed E-state index contributed by atoms with van der Waals surface area (Å²) in [6, 6.07) is 63.3. The monoisotopic (exact) mass is 678 g/mol. The Balaban J connectivity index is 1.10. The third kappa shape index (κ3) is 6.32. The number of nitrogens with zero attached hydrogens (tertiary/aromatic N) is 2. The molecule has 2 nitrogen and oxygen atoms in total. The van der Waals surface area contributed by atoms with E-state index in [1.54, 1.807) is 0 Å². The van der Waals surface area contributed by atoms with Gasteiger partial charge in [-0.3, -0.25) is 0 Å². The van der Waals surface area contributed by atoms with Gasteiger partial charge in [0, 0.05) is 29.0 Å². The van der Waals surface area contributed by atoms with E-state index < -0.39 is 0 Å². The first-order valence-electron chi connectivity index (χ1n) is 18.2. The maximum atomic E-state index is 4.34. The lowest BCUT2D eigenvalue weighted by Gasteiger charge is -2.28. The van der Waals surface area contributed by atoms with Crippen LogP contribution in [0.15, 0.2) is 213 Å². The molecule has 9 rings (SSSR count). The third-order valence-corrected chi connectivity index (χ3v) is 10.2. The van der Waals surface area contributed by atoms with Gasteiger partial charge in [-0.1, -0.05) is 152 Å². The molecule has 53 heavy (non-hydrogen) atoms. The molecule has 0 aromatic heterocycles. The van der Waals surface area contributed by atoms with Gasteiger partial charge in [-0.05, 0) is 117 Å². The van der Waals surface area contributed by atoms with Crippen molar-refractivity contribution in [2.75, 3.05) is 4.90 Å². The van der Waals surface area contributed by atoms with Crippen LogP contribution in [0.1, 0.15) is 22.3 Å². The van der Waals surface area contributed by atoms with Crippen molar-refractivity contribution in [1.82, 2.24) is 4.90 Å². The van der Waals surface area contributed by atoms with Gasteiger partial charge in [0.05, 0.1) is 5.70 Å². The van der Waals surface area contributed by atoms with Crippen LogP contribution in [0.4, 0.5) is 17.1 Å². The van der Waals surface area contributed by atoms with E-state index in [-0.39, 0.29) is 0 Å². The average molecular weight is 679 g/mol. The lowest BCUT2D eigenvalue weighted by atomic mass is 9.95. The molecule has 0 N–H and O–H groups in total. The van der Waals surface area contributed by atoms with Crippen LogP contribution < -0.4 is 4.90 Å². The Morgan fingerprint density at radius 3 is 1.77 bits per heavy atom. The molecule has 0 fully saturated rings. The van der Waals surface area contributed by atoms with Crippen molar-refractivity contribution in [3.8, 4) is 33.4 Å². The second-order valence-electron chi connectivity index (χ2n) is 13.5. The summed E-state index contributed by atoms with van der Waals surface area (Å²) in [5.41, 5.74) is 17.9. The zero-order valence-electron chi connectivity index (χ0n) is 29.4. The first kappa shape index (κ1) is 32.0. The Kier molecular flexibility index (Phi) is 8.47. The van der Waals surface area contributed by atoms with E-state index in [1.807, 2.05) is 18.2 Å². The molecule has 0 bridgehead atoms. The Bertz CT molecular complexity index is 2500. The van der Waals surface area contributed by atoms with Crippen LogP contribution in [0.2, 0.25) is 0 Å². The molecule has 1 aliphatic heterocycles. The van der Waals surface area contributed by atoms with Crippen LogP contribution in [-0.2, 0) is 6.42 Å². The number of fused-ring (bicyclic) bond motifs is 3. The Morgan fingerprint density at radius 2 is 1.08 bits per heavy atom. The molecule has 0 radical (unpaired) electrons. The second kappa shape index (κ2) is 14.0. The molecule has 7 aromatic carbocycles. The fraction of sp³-hybridized carbons (Fsp3) is 0.0196. The maximum absolute atomic E-state index is 4.34. The molecule has 1 heterocycles. The normalized spacial score (nSPS) is 13.2. The summed E-state index contributed by atoms with van der Waals surface area (Å²) in [5.74, 6) is 0. The van der Waals surface area contributed by atoms with E-state index in [4.69, 9.17) is 0 Å². The quantitative estimate of drug-likeness (QED) is 0.148. The lowest BCUT2D eigenvalue weighted by Crippen LogP contribution is -2.15. The fourth-order valence-corrected chi connectivity index (χ4v) is 7.59. The van der Waals surface area contributed by atoms with Crippen molar-refractivity contribution in [3.05, 3.63) is 235 Å². The molecule has 0 atom stereocenters. The Labute approximate surface area is 312 Å². The van der Waals surface area contributed by atoms with Crippen LogP contribution in [0.5, 0.6) is 0 Å². The largest absolute Gasteiger partial charge is 0.317 e. The summed E-state index contributed by atoms with van der Waals surface area (Å²) < 4.78 is 0. The van der Waals surface area contributed by atoms with E-state index in [2.05, 4.69) is 205 Å². The predicted octanol–water partition coefficient (Wildman–Crippen LogP) is 13.5. The van der Waals surface area contributed by atoms with E-state index in [0.29, 0.717) is 0 Å². The molecule has 0 saturated heterocycles. The van der Waals surface area contributed by atoms with Crippen LogP contribution in [-0.4, -0.2) is 4.90 Å². The maximum Gasteiger partial charge on any atom is 0.0533 e. The lowest BCUT2D eigenvalue weighted by molar-refractivity contribution is 0.681. The highest BCUT2D eigenvalue weighted by atomic mass is 15.1. The van der Waals surface area contributed by atoms with E-state index in [9.17, 15) is 0 Å². The van der Waals surface area contributed by atoms with Crippen molar-refractivity contribution in [2.45, 2.75) is 6.42 Å². The zero-order valence-corrected chi connectivity index (χ0v) is 29.4. The van der Waals surface area contributed by atoms with Crippen molar-refractivity contribution >= 4 is 28.8 Å². The molecule has 0 amide bonds. The van der Waals surface area contributed by atoms with Crippen LogP contribution in [0.25, 0.3) is 45.2 Å². The standard InChI is InChI=1S/C51H38N2/c1-37-13-10-11-34-52(37)51(35-38-14-4-2-5-15-38)42-26-32-46(33-27-42)53(44-28-22-40(23-29-44)39-16-6-3-7-17-39)45-30-24-41(25-31-45)47-20-12-21-49-48-19-9-8-18-43(48)36-50(47)49/h2-35H,1,36H2/b51-35+. The molecule has 252 valence electrons. The Hall–Kier alpha value is -6.90. The van der Waals surface area contributed by atoms with Gasteiger partial charge >= 0.3 is 0 Å². The highest BCUT2D eigenvalue weighted by molar-refractivity contribution is 5.87. The molecule has 2 heteroatoms. The molecule has 1 aliphatic carbocycles. The molecule has 2 aliphatic rings. The van der Waals surface area contributed by atoms with Gasteiger partial charge in [-0.2, -0.15) is 0 Å². The van der Waals surface area contributed by atoms with E-state index >= 15 is 0 Å². The first-order chi connectivity index (χ1) is 26.2. The number of anilines is 3. The van der Waals surface area contributed by atoms with E-state index in [0.717, 1.165) is 46.0 Å². The highest BCUT2D eigenvalue weighted by Gasteiger charge is 2.22.